The molecule has 28 heavy (non-hydrogen) atoms. The molecule has 1 amide bonds. The quantitative estimate of drug-likeness (QED) is 0.552. The number of hydrogen-bond donors (Lipinski definition) is 2. The van der Waals surface area contributed by atoms with Gasteiger partial charge >= 0.3 is 0 Å². The molecule has 2 heterocycles. The van der Waals surface area contributed by atoms with Gasteiger partial charge in [-0.2, -0.15) is 4.98 Å². The molecule has 0 saturated heterocycles. The van der Waals surface area contributed by atoms with Crippen molar-refractivity contribution in [3.05, 3.63) is 66.1 Å². The summed E-state index contributed by atoms with van der Waals surface area (Å²) in [6.07, 6.45) is 4.20. The van der Waals surface area contributed by atoms with E-state index >= 15 is 0 Å². The minimum atomic E-state index is -3.74. The average Bonchev–Trinajstić information content (AvgIpc) is 3.11. The zero-order chi connectivity index (χ0) is 20.0. The molecule has 9 nitrogen and oxygen atoms in total. The summed E-state index contributed by atoms with van der Waals surface area (Å²) in [5, 5.41) is 6.47. The Labute approximate surface area is 162 Å². The third-order valence-electron chi connectivity index (χ3n) is 3.78. The molecule has 0 aliphatic heterocycles. The molecule has 146 valence electrons. The van der Waals surface area contributed by atoms with Crippen LogP contribution in [0.1, 0.15) is 28.5 Å². The van der Waals surface area contributed by atoms with E-state index in [1.54, 1.807) is 19.1 Å². The Morgan fingerprint density at radius 1 is 1.11 bits per heavy atom. The molecule has 2 N–H and O–H groups in total. The van der Waals surface area contributed by atoms with Gasteiger partial charge in [0.25, 0.3) is 15.9 Å². The lowest BCUT2D eigenvalue weighted by molar-refractivity contribution is 0.0953. The van der Waals surface area contributed by atoms with Crippen molar-refractivity contribution in [2.24, 2.45) is 0 Å². The number of sulfonamides is 1. The van der Waals surface area contributed by atoms with Crippen LogP contribution in [0, 0.1) is 6.92 Å². The lowest BCUT2D eigenvalue weighted by atomic mass is 10.2. The molecule has 0 aliphatic rings. The molecule has 0 spiro atoms. The molecule has 0 saturated carbocycles. The summed E-state index contributed by atoms with van der Waals surface area (Å²) in [5.74, 6) is 0.822. The highest BCUT2D eigenvalue weighted by molar-refractivity contribution is 7.92. The van der Waals surface area contributed by atoms with Crippen LogP contribution in [0.25, 0.3) is 0 Å². The van der Waals surface area contributed by atoms with Crippen molar-refractivity contribution in [3.63, 3.8) is 0 Å². The number of anilines is 1. The average molecular weight is 401 g/mol. The minimum Gasteiger partial charge on any atom is -0.352 e. The van der Waals surface area contributed by atoms with E-state index < -0.39 is 10.0 Å². The van der Waals surface area contributed by atoms with Gasteiger partial charge in [-0.25, -0.2) is 8.42 Å². The van der Waals surface area contributed by atoms with E-state index in [1.807, 2.05) is 0 Å². The molecular weight excluding hydrogens is 382 g/mol. The maximum Gasteiger partial charge on any atom is 0.261 e. The fourth-order valence-corrected chi connectivity index (χ4v) is 3.46. The maximum absolute atomic E-state index is 12.4. The van der Waals surface area contributed by atoms with Crippen LogP contribution in [0.5, 0.6) is 0 Å². The Hall–Kier alpha value is -3.27. The van der Waals surface area contributed by atoms with Gasteiger partial charge < -0.3 is 9.84 Å². The van der Waals surface area contributed by atoms with Crippen molar-refractivity contribution in [2.45, 2.75) is 24.7 Å². The van der Waals surface area contributed by atoms with E-state index in [0.29, 0.717) is 42.4 Å². The number of carbonyl (C=O) groups is 1. The first-order chi connectivity index (χ1) is 13.4. The van der Waals surface area contributed by atoms with Crippen LogP contribution in [0.15, 0.2) is 58.2 Å². The highest BCUT2D eigenvalue weighted by Crippen LogP contribution is 2.16. The van der Waals surface area contributed by atoms with Crippen molar-refractivity contribution in [1.29, 1.82) is 0 Å². The Balaban J connectivity index is 1.53. The lowest BCUT2D eigenvalue weighted by Crippen LogP contribution is -2.24. The van der Waals surface area contributed by atoms with Crippen molar-refractivity contribution in [3.8, 4) is 0 Å². The predicted molar refractivity (Wildman–Crippen MR) is 101 cm³/mol. The molecule has 0 unspecified atom stereocenters. The van der Waals surface area contributed by atoms with Crippen molar-refractivity contribution >= 4 is 21.6 Å². The minimum absolute atomic E-state index is 0.0626. The zero-order valence-electron chi connectivity index (χ0n) is 15.1. The maximum atomic E-state index is 12.4. The summed E-state index contributed by atoms with van der Waals surface area (Å²) < 4.78 is 32.2. The first-order valence-electron chi connectivity index (χ1n) is 8.54. The summed E-state index contributed by atoms with van der Waals surface area (Å²) in [4.78, 5) is 20.2. The number of aryl methyl sites for hydroxylation is 2. The van der Waals surface area contributed by atoms with E-state index in [0.717, 1.165) is 0 Å². The third-order valence-corrected chi connectivity index (χ3v) is 5.18. The molecule has 0 bridgehead atoms. The van der Waals surface area contributed by atoms with Gasteiger partial charge in [0.2, 0.25) is 5.89 Å². The summed E-state index contributed by atoms with van der Waals surface area (Å²) in [7, 11) is -3.74. The van der Waals surface area contributed by atoms with Crippen molar-refractivity contribution < 1.29 is 17.7 Å². The number of nitrogens with zero attached hydrogens (tertiary/aromatic N) is 3. The third kappa shape index (κ3) is 5.13. The zero-order valence-corrected chi connectivity index (χ0v) is 15.9. The van der Waals surface area contributed by atoms with Crippen LogP contribution in [0.4, 0.5) is 5.69 Å². The van der Waals surface area contributed by atoms with Gasteiger partial charge in [-0.05, 0) is 49.7 Å². The first kappa shape index (κ1) is 19.5. The van der Waals surface area contributed by atoms with Gasteiger partial charge in [0.05, 0.1) is 10.6 Å². The smallest absolute Gasteiger partial charge is 0.261 e. The monoisotopic (exact) mass is 401 g/mol. The van der Waals surface area contributed by atoms with Crippen molar-refractivity contribution in [2.75, 3.05) is 11.3 Å². The Morgan fingerprint density at radius 3 is 2.46 bits per heavy atom. The molecular formula is C18H19N5O4S. The molecule has 2 aromatic heterocycles. The van der Waals surface area contributed by atoms with Gasteiger partial charge in [0.1, 0.15) is 0 Å². The summed E-state index contributed by atoms with van der Waals surface area (Å²) in [6, 6.07) is 8.82. The molecule has 3 aromatic rings. The molecule has 3 rings (SSSR count). The topological polar surface area (TPSA) is 127 Å². The van der Waals surface area contributed by atoms with Gasteiger partial charge in [-0.15, -0.1) is 0 Å². The van der Waals surface area contributed by atoms with Crippen LogP contribution in [-0.2, 0) is 16.4 Å². The van der Waals surface area contributed by atoms with Crippen LogP contribution in [0.3, 0.4) is 0 Å². The van der Waals surface area contributed by atoms with E-state index in [4.69, 9.17) is 4.52 Å². The van der Waals surface area contributed by atoms with Crippen LogP contribution >= 0.6 is 0 Å². The number of rotatable bonds is 8. The summed E-state index contributed by atoms with van der Waals surface area (Å²) in [6.45, 7) is 2.18. The van der Waals surface area contributed by atoms with Crippen molar-refractivity contribution in [1.82, 2.24) is 20.4 Å². The highest BCUT2D eigenvalue weighted by atomic mass is 32.2. The number of benzene rings is 1. The molecule has 0 atom stereocenters. The first-order valence-corrected chi connectivity index (χ1v) is 10.0. The number of nitrogens with one attached hydrogen (secondary N) is 2. The summed E-state index contributed by atoms with van der Waals surface area (Å²) >= 11 is 0. The molecule has 10 heteroatoms. The highest BCUT2D eigenvalue weighted by Gasteiger charge is 2.15. The van der Waals surface area contributed by atoms with E-state index in [-0.39, 0.29) is 10.8 Å². The van der Waals surface area contributed by atoms with E-state index in [9.17, 15) is 13.2 Å². The normalized spacial score (nSPS) is 11.2. The number of aromatic nitrogens is 3. The molecule has 0 aliphatic carbocycles. The van der Waals surface area contributed by atoms with Gasteiger partial charge in [0.15, 0.2) is 5.82 Å². The SMILES string of the molecule is Cc1noc(CCCNC(=O)c2ccc(S(=O)(=O)Nc3ccncc3)cc2)n1. The second kappa shape index (κ2) is 8.61. The standard InChI is InChI=1S/C18H19N5O4S/c1-13-21-17(27-22-13)3-2-10-20-18(24)14-4-6-16(7-5-14)28(25,26)23-15-8-11-19-12-9-15/h4-9,11-12H,2-3,10H2,1H3,(H,19,23)(H,20,24). The Kier molecular flexibility index (Phi) is 5.99. The van der Waals surface area contributed by atoms with Gasteiger partial charge in [-0.3, -0.25) is 14.5 Å². The molecule has 0 radical (unpaired) electrons. The van der Waals surface area contributed by atoms with Crippen LogP contribution in [0.2, 0.25) is 0 Å². The predicted octanol–water partition coefficient (Wildman–Crippen LogP) is 1.94. The van der Waals surface area contributed by atoms with Gasteiger partial charge in [0, 0.05) is 30.9 Å². The summed E-state index contributed by atoms with van der Waals surface area (Å²) in [5.41, 5.74) is 0.782. The lowest BCUT2D eigenvalue weighted by Gasteiger charge is -2.09. The second-order valence-electron chi connectivity index (χ2n) is 5.96. The van der Waals surface area contributed by atoms with Gasteiger partial charge in [-0.1, -0.05) is 5.16 Å². The molecule has 1 aromatic carbocycles. The number of amides is 1. The number of pyridine rings is 1. The fourth-order valence-electron chi connectivity index (χ4n) is 2.40. The van der Waals surface area contributed by atoms with Crippen LogP contribution < -0.4 is 10.0 Å². The number of hydrogen-bond acceptors (Lipinski definition) is 7. The fraction of sp³-hybridized carbons (Fsp3) is 0.222. The Bertz CT molecular complexity index is 1030. The van der Waals surface area contributed by atoms with Crippen LogP contribution in [-0.4, -0.2) is 36.0 Å². The largest absolute Gasteiger partial charge is 0.352 e. The Morgan fingerprint density at radius 2 is 1.82 bits per heavy atom. The second-order valence-corrected chi connectivity index (χ2v) is 7.64. The number of carbonyl (C=O) groups excluding carboxylic acids is 1. The van der Waals surface area contributed by atoms with E-state index in [2.05, 4.69) is 25.2 Å². The molecule has 0 fully saturated rings. The van der Waals surface area contributed by atoms with E-state index in [1.165, 1.54) is 36.7 Å².